The molecule has 0 aromatic heterocycles. The molecule has 222 valence electrons. The van der Waals surface area contributed by atoms with Gasteiger partial charge in [-0.2, -0.15) is 26.3 Å². The molecule has 1 aliphatic rings. The summed E-state index contributed by atoms with van der Waals surface area (Å²) in [4.78, 5) is 39.0. The van der Waals surface area contributed by atoms with Gasteiger partial charge < -0.3 is 15.5 Å². The third kappa shape index (κ3) is 8.87. The quantitative estimate of drug-likeness (QED) is 0.291. The average molecular weight is 624 g/mol. The molecule has 0 spiro atoms. The Bertz CT molecular complexity index is 1300. The minimum atomic E-state index is -5.14. The lowest BCUT2D eigenvalue weighted by atomic mass is 10.0. The second-order valence-corrected chi connectivity index (χ2v) is 10.3. The molecule has 1 aliphatic heterocycles. The van der Waals surface area contributed by atoms with Crippen molar-refractivity contribution in [2.45, 2.75) is 50.1 Å². The molecule has 1 fully saturated rings. The molecular formula is C27H25Cl2F6N3O3. The van der Waals surface area contributed by atoms with Gasteiger partial charge in [-0.1, -0.05) is 35.3 Å². The van der Waals surface area contributed by atoms with Crippen molar-refractivity contribution in [1.29, 1.82) is 0 Å². The summed E-state index contributed by atoms with van der Waals surface area (Å²) < 4.78 is 80.2. The molecule has 0 bridgehead atoms. The lowest BCUT2D eigenvalue weighted by molar-refractivity contribution is -0.143. The first-order valence-electron chi connectivity index (χ1n) is 12.3. The van der Waals surface area contributed by atoms with Crippen LogP contribution in [0.15, 0.2) is 48.6 Å². The zero-order chi connectivity index (χ0) is 30.5. The van der Waals surface area contributed by atoms with E-state index in [9.17, 15) is 40.7 Å². The highest BCUT2D eigenvalue weighted by Crippen LogP contribution is 2.36. The number of carbonyl (C=O) groups excluding carboxylic acids is 3. The molecule has 0 radical (unpaired) electrons. The Hall–Kier alpha value is -3.25. The van der Waals surface area contributed by atoms with Crippen molar-refractivity contribution < 1.29 is 40.7 Å². The number of nitrogens with zero attached hydrogens (tertiary/aromatic N) is 1. The molecule has 2 atom stereocenters. The van der Waals surface area contributed by atoms with Crippen molar-refractivity contribution in [1.82, 2.24) is 15.5 Å². The van der Waals surface area contributed by atoms with Crippen LogP contribution in [0.5, 0.6) is 0 Å². The monoisotopic (exact) mass is 623 g/mol. The lowest BCUT2D eigenvalue weighted by Crippen LogP contribution is -2.45. The number of nitrogens with one attached hydrogen (secondary N) is 2. The van der Waals surface area contributed by atoms with Gasteiger partial charge in [0.05, 0.1) is 27.2 Å². The molecule has 3 amide bonds. The Balaban J connectivity index is 1.94. The minimum Gasteiger partial charge on any atom is -0.354 e. The maximum absolute atomic E-state index is 13.4. The van der Waals surface area contributed by atoms with Gasteiger partial charge in [-0.25, -0.2) is 0 Å². The standard InChI is InChI=1S/C27H25Cl2F6N3O3/c1-38(25(41)16-12-17(26(30,31)32)14-18(13-16)27(33,34)35)19(10-15-5-7-20(28)21(29)11-15)6-8-23(39)37-22-4-2-3-9-36-24(22)40/h5-8,11-14,19,22H,2-4,9-10H2,1H3,(H,36,40)(H,37,39)/b8-6+. The summed E-state index contributed by atoms with van der Waals surface area (Å²) in [5.74, 6) is -2.18. The maximum atomic E-state index is 13.4. The van der Waals surface area contributed by atoms with E-state index in [2.05, 4.69) is 10.6 Å². The summed E-state index contributed by atoms with van der Waals surface area (Å²) >= 11 is 12.0. The molecule has 1 heterocycles. The zero-order valence-corrected chi connectivity index (χ0v) is 23.0. The highest BCUT2D eigenvalue weighted by molar-refractivity contribution is 6.42. The second-order valence-electron chi connectivity index (χ2n) is 9.44. The fourth-order valence-corrected chi connectivity index (χ4v) is 4.49. The summed E-state index contributed by atoms with van der Waals surface area (Å²) in [7, 11) is 1.18. The third-order valence-corrected chi connectivity index (χ3v) is 7.14. The Labute approximate surface area is 241 Å². The average Bonchev–Trinajstić information content (AvgIpc) is 3.10. The first-order valence-corrected chi connectivity index (χ1v) is 13.1. The molecule has 1 saturated heterocycles. The van der Waals surface area contributed by atoms with Gasteiger partial charge in [0.25, 0.3) is 5.91 Å². The van der Waals surface area contributed by atoms with E-state index >= 15 is 0 Å². The van der Waals surface area contributed by atoms with E-state index in [1.165, 1.54) is 25.3 Å². The smallest absolute Gasteiger partial charge is 0.354 e. The van der Waals surface area contributed by atoms with E-state index in [-0.39, 0.29) is 28.4 Å². The van der Waals surface area contributed by atoms with Crippen molar-refractivity contribution in [3.63, 3.8) is 0 Å². The summed E-state index contributed by atoms with van der Waals surface area (Å²) in [6, 6.07) is 3.31. The van der Waals surface area contributed by atoms with Gasteiger partial charge in [0.2, 0.25) is 11.8 Å². The summed E-state index contributed by atoms with van der Waals surface area (Å²) in [5, 5.41) is 5.64. The van der Waals surface area contributed by atoms with Gasteiger partial charge in [-0.05, 0) is 61.6 Å². The number of rotatable bonds is 7. The van der Waals surface area contributed by atoms with E-state index in [0.29, 0.717) is 37.1 Å². The van der Waals surface area contributed by atoms with Crippen LogP contribution in [0.2, 0.25) is 10.0 Å². The molecule has 2 N–H and O–H groups in total. The number of halogens is 8. The predicted octanol–water partition coefficient (Wildman–Crippen LogP) is 6.06. The van der Waals surface area contributed by atoms with Gasteiger partial charge in [0, 0.05) is 25.2 Å². The molecule has 0 aliphatic carbocycles. The van der Waals surface area contributed by atoms with Crippen LogP contribution in [0.1, 0.15) is 46.3 Å². The minimum absolute atomic E-state index is 0.0298. The number of hydrogen-bond acceptors (Lipinski definition) is 3. The lowest BCUT2D eigenvalue weighted by Gasteiger charge is -2.27. The molecule has 2 aromatic carbocycles. The number of likely N-dealkylation sites (N-methyl/N-ethyl adjacent to an activating group) is 1. The fraction of sp³-hybridized carbons (Fsp3) is 0.370. The van der Waals surface area contributed by atoms with Crippen LogP contribution >= 0.6 is 23.2 Å². The van der Waals surface area contributed by atoms with E-state index in [4.69, 9.17) is 23.2 Å². The molecule has 41 heavy (non-hydrogen) atoms. The van der Waals surface area contributed by atoms with E-state index in [1.807, 2.05) is 0 Å². The van der Waals surface area contributed by atoms with Crippen LogP contribution in [-0.2, 0) is 28.4 Å². The van der Waals surface area contributed by atoms with Crippen LogP contribution in [0.3, 0.4) is 0 Å². The molecular weight excluding hydrogens is 599 g/mol. The van der Waals surface area contributed by atoms with Crippen molar-refractivity contribution in [2.75, 3.05) is 13.6 Å². The highest BCUT2D eigenvalue weighted by atomic mass is 35.5. The van der Waals surface area contributed by atoms with Crippen LogP contribution in [0.25, 0.3) is 0 Å². The second kappa shape index (κ2) is 13.2. The number of benzene rings is 2. The van der Waals surface area contributed by atoms with Crippen molar-refractivity contribution >= 4 is 40.9 Å². The number of amides is 3. The Morgan fingerprint density at radius 2 is 1.66 bits per heavy atom. The largest absolute Gasteiger partial charge is 0.416 e. The zero-order valence-electron chi connectivity index (χ0n) is 21.5. The Morgan fingerprint density at radius 1 is 1.02 bits per heavy atom. The SMILES string of the molecule is CN(C(=O)c1cc(C(F)(F)F)cc(C(F)(F)F)c1)C(/C=C/C(=O)NC1CCCCNC1=O)Cc1ccc(Cl)c(Cl)c1. The maximum Gasteiger partial charge on any atom is 0.416 e. The molecule has 2 aromatic rings. The van der Waals surface area contributed by atoms with Gasteiger partial charge in [-0.3, -0.25) is 14.4 Å². The molecule has 6 nitrogen and oxygen atoms in total. The van der Waals surface area contributed by atoms with Crippen LogP contribution in [-0.4, -0.2) is 48.3 Å². The van der Waals surface area contributed by atoms with Gasteiger partial charge in [0.15, 0.2) is 0 Å². The van der Waals surface area contributed by atoms with E-state index < -0.39 is 52.9 Å². The van der Waals surface area contributed by atoms with Crippen LogP contribution < -0.4 is 10.6 Å². The number of carbonyl (C=O) groups is 3. The molecule has 0 saturated carbocycles. The van der Waals surface area contributed by atoms with E-state index in [1.54, 1.807) is 6.07 Å². The molecule has 14 heteroatoms. The number of alkyl halides is 6. The van der Waals surface area contributed by atoms with Gasteiger partial charge >= 0.3 is 12.4 Å². The predicted molar refractivity (Wildman–Crippen MR) is 140 cm³/mol. The Morgan fingerprint density at radius 3 is 2.24 bits per heavy atom. The summed E-state index contributed by atoms with van der Waals surface area (Å²) in [6.07, 6.45) is -6.14. The number of hydrogen-bond donors (Lipinski definition) is 2. The van der Waals surface area contributed by atoms with Crippen molar-refractivity contribution in [3.8, 4) is 0 Å². The van der Waals surface area contributed by atoms with Crippen molar-refractivity contribution in [3.05, 3.63) is 80.8 Å². The third-order valence-electron chi connectivity index (χ3n) is 6.40. The first-order chi connectivity index (χ1) is 19.1. The highest BCUT2D eigenvalue weighted by Gasteiger charge is 2.38. The fourth-order valence-electron chi connectivity index (χ4n) is 4.17. The topological polar surface area (TPSA) is 78.5 Å². The first kappa shape index (κ1) is 32.3. The molecule has 3 rings (SSSR count). The Kier molecular flexibility index (Phi) is 10.4. The molecule has 2 unspecified atom stereocenters. The summed E-state index contributed by atoms with van der Waals surface area (Å²) in [6.45, 7) is 0.477. The van der Waals surface area contributed by atoms with Gasteiger partial charge in [-0.15, -0.1) is 0 Å². The van der Waals surface area contributed by atoms with Gasteiger partial charge in [0.1, 0.15) is 6.04 Å². The summed E-state index contributed by atoms with van der Waals surface area (Å²) in [5.41, 5.74) is -3.61. The van der Waals surface area contributed by atoms with Crippen molar-refractivity contribution in [2.24, 2.45) is 0 Å². The normalized spacial score (nSPS) is 17.1. The van der Waals surface area contributed by atoms with Crippen LogP contribution in [0.4, 0.5) is 26.3 Å². The van der Waals surface area contributed by atoms with Crippen LogP contribution in [0, 0.1) is 0 Å². The van der Waals surface area contributed by atoms with E-state index in [0.717, 1.165) is 17.4 Å².